The molecular weight excluding hydrogens is 230 g/mol. The molecule has 1 nitrogen and oxygen atoms in total. The fourth-order valence-corrected chi connectivity index (χ4v) is 2.92. The molecule has 0 atom stereocenters. The molecule has 1 heterocycles. The van der Waals surface area contributed by atoms with E-state index in [-0.39, 0.29) is 5.41 Å². The molecule has 106 valence electrons. The fourth-order valence-electron chi connectivity index (χ4n) is 2.92. The zero-order valence-corrected chi connectivity index (χ0v) is 13.1. The van der Waals surface area contributed by atoms with Gasteiger partial charge in [0.05, 0.1) is 0 Å². The summed E-state index contributed by atoms with van der Waals surface area (Å²) in [7, 11) is 0. The van der Waals surface area contributed by atoms with Crippen LogP contribution in [-0.2, 0) is 12.0 Å². The predicted octanol–water partition coefficient (Wildman–Crippen LogP) is 4.61. The summed E-state index contributed by atoms with van der Waals surface area (Å²) < 4.78 is 0. The molecule has 1 aromatic carbocycles. The molecule has 0 radical (unpaired) electrons. The lowest BCUT2D eigenvalue weighted by atomic mass is 9.86. The zero-order valence-electron chi connectivity index (χ0n) is 13.1. The lowest BCUT2D eigenvalue weighted by molar-refractivity contribution is 0.175. The van der Waals surface area contributed by atoms with Gasteiger partial charge in [-0.05, 0) is 48.4 Å². The van der Waals surface area contributed by atoms with Crippen molar-refractivity contribution in [2.45, 2.75) is 58.9 Å². The monoisotopic (exact) mass is 259 g/mol. The van der Waals surface area contributed by atoms with Gasteiger partial charge in [-0.25, -0.2) is 0 Å². The van der Waals surface area contributed by atoms with Gasteiger partial charge < -0.3 is 0 Å². The predicted molar refractivity (Wildman–Crippen MR) is 83.4 cm³/mol. The number of hydrogen-bond donors (Lipinski definition) is 0. The Bertz CT molecular complexity index is 377. The Balaban J connectivity index is 1.90. The number of rotatable bonds is 3. The van der Waals surface area contributed by atoms with Gasteiger partial charge in [-0.15, -0.1) is 0 Å². The van der Waals surface area contributed by atoms with Gasteiger partial charge in [-0.2, -0.15) is 0 Å². The zero-order chi connectivity index (χ0) is 13.9. The summed E-state index contributed by atoms with van der Waals surface area (Å²) in [5, 5.41) is 0. The third-order valence-corrected chi connectivity index (χ3v) is 4.51. The van der Waals surface area contributed by atoms with Crippen molar-refractivity contribution < 1.29 is 0 Å². The molecular formula is C18H29N. The first-order valence-electron chi connectivity index (χ1n) is 7.81. The van der Waals surface area contributed by atoms with Crippen LogP contribution in [0.4, 0.5) is 0 Å². The highest BCUT2D eigenvalue weighted by atomic mass is 15.1. The number of hydrogen-bond acceptors (Lipinski definition) is 1. The van der Waals surface area contributed by atoms with Gasteiger partial charge in [-0.3, -0.25) is 4.90 Å². The van der Waals surface area contributed by atoms with Crippen LogP contribution in [0, 0.1) is 5.92 Å². The minimum absolute atomic E-state index is 0.262. The molecule has 19 heavy (non-hydrogen) atoms. The van der Waals surface area contributed by atoms with Crippen LogP contribution in [-0.4, -0.2) is 18.0 Å². The molecule has 0 aromatic heterocycles. The van der Waals surface area contributed by atoms with Crippen molar-refractivity contribution in [2.24, 2.45) is 5.92 Å². The van der Waals surface area contributed by atoms with E-state index < -0.39 is 0 Å². The van der Waals surface area contributed by atoms with Gasteiger partial charge in [0.25, 0.3) is 0 Å². The van der Waals surface area contributed by atoms with Crippen LogP contribution < -0.4 is 0 Å². The van der Waals surface area contributed by atoms with Gasteiger partial charge in [0.1, 0.15) is 0 Å². The minimum atomic E-state index is 0.262. The van der Waals surface area contributed by atoms with E-state index in [1.807, 2.05) is 0 Å². The van der Waals surface area contributed by atoms with E-state index in [9.17, 15) is 0 Å². The van der Waals surface area contributed by atoms with Gasteiger partial charge in [0.2, 0.25) is 0 Å². The number of nitrogens with zero attached hydrogens (tertiary/aromatic N) is 1. The lowest BCUT2D eigenvalue weighted by Crippen LogP contribution is -2.33. The summed E-state index contributed by atoms with van der Waals surface area (Å²) in [5.74, 6) is 0.972. The van der Waals surface area contributed by atoms with Crippen molar-refractivity contribution in [2.75, 3.05) is 13.1 Å². The molecule has 1 aliphatic heterocycles. The molecule has 1 aliphatic rings. The highest BCUT2D eigenvalue weighted by Gasteiger charge is 2.18. The van der Waals surface area contributed by atoms with Crippen LogP contribution in [0.2, 0.25) is 0 Å². The molecule has 0 N–H and O–H groups in total. The highest BCUT2D eigenvalue weighted by molar-refractivity contribution is 5.27. The van der Waals surface area contributed by atoms with Crippen molar-refractivity contribution in [3.05, 3.63) is 35.4 Å². The van der Waals surface area contributed by atoms with Crippen molar-refractivity contribution in [1.82, 2.24) is 4.90 Å². The number of piperidine rings is 1. The highest BCUT2D eigenvalue weighted by Crippen LogP contribution is 2.24. The van der Waals surface area contributed by atoms with Crippen molar-refractivity contribution in [1.29, 1.82) is 0 Å². The first kappa shape index (κ1) is 14.6. The summed E-state index contributed by atoms with van der Waals surface area (Å²) in [6.07, 6.45) is 4.13. The number of benzene rings is 1. The molecule has 0 saturated carbocycles. The summed E-state index contributed by atoms with van der Waals surface area (Å²) in [6.45, 7) is 12.8. The topological polar surface area (TPSA) is 3.24 Å². The molecule has 0 bridgehead atoms. The van der Waals surface area contributed by atoms with E-state index in [1.165, 1.54) is 43.5 Å². The SMILES string of the molecule is CCC1CCN(Cc2ccc(C(C)(C)C)cc2)CC1. The second-order valence-corrected chi connectivity index (χ2v) is 7.07. The van der Waals surface area contributed by atoms with Gasteiger partial charge in [0.15, 0.2) is 0 Å². The molecule has 1 saturated heterocycles. The minimum Gasteiger partial charge on any atom is -0.299 e. The number of likely N-dealkylation sites (tertiary alicyclic amines) is 1. The van der Waals surface area contributed by atoms with E-state index in [2.05, 4.69) is 56.9 Å². The lowest BCUT2D eigenvalue weighted by Gasteiger charge is -2.31. The Hall–Kier alpha value is -0.820. The molecule has 0 aliphatic carbocycles. The molecule has 0 spiro atoms. The first-order chi connectivity index (χ1) is 8.99. The van der Waals surface area contributed by atoms with E-state index >= 15 is 0 Å². The quantitative estimate of drug-likeness (QED) is 0.766. The van der Waals surface area contributed by atoms with Crippen LogP contribution in [0.1, 0.15) is 58.1 Å². The normalized spacial score (nSPS) is 18.7. The standard InChI is InChI=1S/C18H29N/c1-5-15-10-12-19(13-11-15)14-16-6-8-17(9-7-16)18(2,3)4/h6-9,15H,5,10-14H2,1-4H3. The van der Waals surface area contributed by atoms with Crippen LogP contribution in [0.15, 0.2) is 24.3 Å². The van der Waals surface area contributed by atoms with Gasteiger partial charge in [-0.1, -0.05) is 58.4 Å². The Morgan fingerprint density at radius 3 is 2.11 bits per heavy atom. The Morgan fingerprint density at radius 2 is 1.63 bits per heavy atom. The molecule has 0 amide bonds. The smallest absolute Gasteiger partial charge is 0.0233 e. The molecule has 1 heteroatoms. The van der Waals surface area contributed by atoms with E-state index in [1.54, 1.807) is 0 Å². The Kier molecular flexibility index (Phi) is 4.67. The van der Waals surface area contributed by atoms with E-state index in [0.717, 1.165) is 12.5 Å². The first-order valence-corrected chi connectivity index (χ1v) is 7.81. The largest absolute Gasteiger partial charge is 0.299 e. The fraction of sp³-hybridized carbons (Fsp3) is 0.667. The summed E-state index contributed by atoms with van der Waals surface area (Å²) >= 11 is 0. The van der Waals surface area contributed by atoms with Crippen LogP contribution in [0.3, 0.4) is 0 Å². The summed E-state index contributed by atoms with van der Waals surface area (Å²) in [5.41, 5.74) is 3.15. The van der Waals surface area contributed by atoms with E-state index in [4.69, 9.17) is 0 Å². The average molecular weight is 259 g/mol. The molecule has 1 fully saturated rings. The molecule has 0 unspecified atom stereocenters. The van der Waals surface area contributed by atoms with Crippen molar-refractivity contribution >= 4 is 0 Å². The third-order valence-electron chi connectivity index (χ3n) is 4.51. The van der Waals surface area contributed by atoms with Crippen LogP contribution in [0.25, 0.3) is 0 Å². The third kappa shape index (κ3) is 4.07. The van der Waals surface area contributed by atoms with E-state index in [0.29, 0.717) is 0 Å². The van der Waals surface area contributed by atoms with Gasteiger partial charge >= 0.3 is 0 Å². The summed E-state index contributed by atoms with van der Waals surface area (Å²) in [4.78, 5) is 2.61. The van der Waals surface area contributed by atoms with Crippen LogP contribution >= 0.6 is 0 Å². The second kappa shape index (κ2) is 6.09. The van der Waals surface area contributed by atoms with Crippen LogP contribution in [0.5, 0.6) is 0 Å². The Labute approximate surface area is 119 Å². The summed E-state index contributed by atoms with van der Waals surface area (Å²) in [6, 6.07) is 9.22. The maximum Gasteiger partial charge on any atom is 0.0233 e. The molecule has 2 rings (SSSR count). The maximum atomic E-state index is 2.61. The maximum absolute atomic E-state index is 2.61. The average Bonchev–Trinajstić information content (AvgIpc) is 2.39. The second-order valence-electron chi connectivity index (χ2n) is 7.07. The Morgan fingerprint density at radius 1 is 1.05 bits per heavy atom. The molecule has 1 aromatic rings. The van der Waals surface area contributed by atoms with Crippen molar-refractivity contribution in [3.8, 4) is 0 Å². The van der Waals surface area contributed by atoms with Gasteiger partial charge in [0, 0.05) is 6.54 Å². The van der Waals surface area contributed by atoms with Crippen molar-refractivity contribution in [3.63, 3.8) is 0 Å².